The van der Waals surface area contributed by atoms with E-state index < -0.39 is 10.0 Å². The number of hydrogen-bond donors (Lipinski definition) is 2. The van der Waals surface area contributed by atoms with Crippen LogP contribution in [0.3, 0.4) is 0 Å². The van der Waals surface area contributed by atoms with E-state index in [2.05, 4.69) is 10.0 Å². The molecule has 1 amide bonds. The summed E-state index contributed by atoms with van der Waals surface area (Å²) in [6.45, 7) is 2.03. The van der Waals surface area contributed by atoms with E-state index in [0.29, 0.717) is 5.69 Å². The van der Waals surface area contributed by atoms with Crippen LogP contribution in [0.2, 0.25) is 0 Å². The van der Waals surface area contributed by atoms with Crippen LogP contribution in [-0.4, -0.2) is 14.3 Å². The first-order valence-corrected chi connectivity index (χ1v) is 8.80. The zero-order valence-corrected chi connectivity index (χ0v) is 12.9. The lowest BCUT2D eigenvalue weighted by molar-refractivity contribution is -0.116. The van der Waals surface area contributed by atoms with E-state index >= 15 is 0 Å². The van der Waals surface area contributed by atoms with Crippen molar-refractivity contribution in [2.75, 3.05) is 5.32 Å². The van der Waals surface area contributed by atoms with Crippen LogP contribution in [0.5, 0.6) is 0 Å². The fourth-order valence-corrected chi connectivity index (χ4v) is 4.00. The van der Waals surface area contributed by atoms with Gasteiger partial charge < -0.3 is 5.32 Å². The minimum atomic E-state index is -3.58. The average molecular weight is 322 g/mol. The molecule has 21 heavy (non-hydrogen) atoms. The maximum atomic E-state index is 12.3. The third-order valence-electron chi connectivity index (χ3n) is 3.47. The fraction of sp³-hybridized carbons (Fsp3) is 0.214. The van der Waals surface area contributed by atoms with Gasteiger partial charge in [0.1, 0.15) is 0 Å². The molecule has 5 nitrogen and oxygen atoms in total. The molecule has 2 aromatic rings. The largest absolute Gasteiger partial charge is 0.325 e. The molecule has 2 N–H and O–H groups in total. The standard InChI is InChI=1S/C14H14N2O3S2/c1-9-12-7-11(4-5-13(12)16-14(9)17)21(18,19)15-8-10-3-2-6-20-10/h2-7,9,15H,8H2,1H3,(H,16,17)/t9-/m1/s1. The van der Waals surface area contributed by atoms with Crippen molar-refractivity contribution in [1.29, 1.82) is 0 Å². The summed E-state index contributed by atoms with van der Waals surface area (Å²) in [5, 5.41) is 4.63. The Labute approximate surface area is 127 Å². The highest BCUT2D eigenvalue weighted by molar-refractivity contribution is 7.89. The molecule has 0 spiro atoms. The summed E-state index contributed by atoms with van der Waals surface area (Å²) in [6.07, 6.45) is 0. The van der Waals surface area contributed by atoms with E-state index in [1.165, 1.54) is 17.4 Å². The summed E-state index contributed by atoms with van der Waals surface area (Å²) >= 11 is 1.50. The van der Waals surface area contributed by atoms with Crippen molar-refractivity contribution >= 4 is 33.0 Å². The SMILES string of the molecule is C[C@H]1C(=O)Nc2ccc(S(=O)(=O)NCc3cccs3)cc21. The molecule has 0 bridgehead atoms. The lowest BCUT2D eigenvalue weighted by atomic mass is 10.0. The van der Waals surface area contributed by atoms with E-state index in [1.807, 2.05) is 17.5 Å². The zero-order valence-electron chi connectivity index (χ0n) is 11.3. The Bertz CT molecular complexity index is 783. The Morgan fingerprint density at radius 1 is 1.33 bits per heavy atom. The maximum absolute atomic E-state index is 12.3. The second-order valence-corrected chi connectivity index (χ2v) is 7.66. The lowest BCUT2D eigenvalue weighted by Gasteiger charge is -2.08. The number of amides is 1. The van der Waals surface area contributed by atoms with Crippen LogP contribution in [0.25, 0.3) is 0 Å². The topological polar surface area (TPSA) is 75.3 Å². The van der Waals surface area contributed by atoms with Crippen molar-refractivity contribution in [3.8, 4) is 0 Å². The van der Waals surface area contributed by atoms with E-state index in [-0.39, 0.29) is 23.3 Å². The van der Waals surface area contributed by atoms with Crippen LogP contribution in [-0.2, 0) is 21.4 Å². The Kier molecular flexibility index (Phi) is 3.56. The molecule has 0 radical (unpaired) electrons. The Hall–Kier alpha value is -1.70. The molecule has 3 rings (SSSR count). The number of fused-ring (bicyclic) bond motifs is 1. The Morgan fingerprint density at radius 2 is 2.14 bits per heavy atom. The van der Waals surface area contributed by atoms with Gasteiger partial charge in [0.25, 0.3) is 0 Å². The normalized spacial score (nSPS) is 17.6. The molecule has 1 aromatic heterocycles. The van der Waals surface area contributed by atoms with Gasteiger partial charge in [0, 0.05) is 17.1 Å². The van der Waals surface area contributed by atoms with Crippen LogP contribution in [0.15, 0.2) is 40.6 Å². The van der Waals surface area contributed by atoms with Crippen molar-refractivity contribution < 1.29 is 13.2 Å². The second-order valence-electron chi connectivity index (χ2n) is 4.86. The molecule has 0 saturated heterocycles. The smallest absolute Gasteiger partial charge is 0.240 e. The molecule has 1 aliphatic rings. The third kappa shape index (κ3) is 2.72. The van der Waals surface area contributed by atoms with Gasteiger partial charge in [-0.05, 0) is 42.1 Å². The Balaban J connectivity index is 1.85. The molecule has 110 valence electrons. The van der Waals surface area contributed by atoms with Gasteiger partial charge >= 0.3 is 0 Å². The highest BCUT2D eigenvalue weighted by Crippen LogP contribution is 2.33. The van der Waals surface area contributed by atoms with E-state index in [1.54, 1.807) is 19.1 Å². The van der Waals surface area contributed by atoms with Gasteiger partial charge in [-0.2, -0.15) is 0 Å². The first-order chi connectivity index (χ1) is 9.97. The van der Waals surface area contributed by atoms with E-state index in [4.69, 9.17) is 0 Å². The van der Waals surface area contributed by atoms with Gasteiger partial charge in [-0.1, -0.05) is 6.07 Å². The zero-order chi connectivity index (χ0) is 15.0. The predicted molar refractivity (Wildman–Crippen MR) is 81.8 cm³/mol. The van der Waals surface area contributed by atoms with Crippen LogP contribution in [0.1, 0.15) is 23.3 Å². The quantitative estimate of drug-likeness (QED) is 0.907. The van der Waals surface area contributed by atoms with Crippen LogP contribution in [0.4, 0.5) is 5.69 Å². The number of anilines is 1. The summed E-state index contributed by atoms with van der Waals surface area (Å²) in [7, 11) is -3.58. The minimum Gasteiger partial charge on any atom is -0.325 e. The molecule has 0 saturated carbocycles. The highest BCUT2D eigenvalue weighted by Gasteiger charge is 2.28. The summed E-state index contributed by atoms with van der Waals surface area (Å²) in [5.74, 6) is -0.432. The predicted octanol–water partition coefficient (Wildman–Crippen LogP) is 2.28. The first kappa shape index (κ1) is 14.2. The fourth-order valence-electron chi connectivity index (χ4n) is 2.22. The molecular weight excluding hydrogens is 308 g/mol. The van der Waals surface area contributed by atoms with Gasteiger partial charge in [-0.25, -0.2) is 13.1 Å². The average Bonchev–Trinajstić information content (AvgIpc) is 3.06. The van der Waals surface area contributed by atoms with Crippen molar-refractivity contribution in [3.63, 3.8) is 0 Å². The Morgan fingerprint density at radius 3 is 2.86 bits per heavy atom. The molecule has 1 aliphatic heterocycles. The molecule has 1 aromatic carbocycles. The van der Waals surface area contributed by atoms with Crippen LogP contribution >= 0.6 is 11.3 Å². The van der Waals surface area contributed by atoms with Crippen LogP contribution < -0.4 is 10.0 Å². The summed E-state index contributed by atoms with van der Waals surface area (Å²) < 4.78 is 27.2. The summed E-state index contributed by atoms with van der Waals surface area (Å²) in [6, 6.07) is 8.46. The van der Waals surface area contributed by atoms with Crippen molar-refractivity contribution in [2.45, 2.75) is 24.3 Å². The summed E-state index contributed by atoms with van der Waals surface area (Å²) in [4.78, 5) is 12.7. The van der Waals surface area contributed by atoms with E-state index in [9.17, 15) is 13.2 Å². The van der Waals surface area contributed by atoms with Gasteiger partial charge in [0.2, 0.25) is 15.9 Å². The number of benzene rings is 1. The van der Waals surface area contributed by atoms with Crippen molar-refractivity contribution in [1.82, 2.24) is 4.72 Å². The summed E-state index contributed by atoms with van der Waals surface area (Å²) in [5.41, 5.74) is 1.41. The first-order valence-electron chi connectivity index (χ1n) is 6.44. The van der Waals surface area contributed by atoms with E-state index in [0.717, 1.165) is 10.4 Å². The molecule has 7 heteroatoms. The van der Waals surface area contributed by atoms with Gasteiger partial charge in [0.05, 0.1) is 10.8 Å². The van der Waals surface area contributed by atoms with Gasteiger partial charge in [-0.3, -0.25) is 4.79 Å². The van der Waals surface area contributed by atoms with Crippen molar-refractivity contribution in [2.24, 2.45) is 0 Å². The number of sulfonamides is 1. The molecule has 2 heterocycles. The molecule has 0 fully saturated rings. The van der Waals surface area contributed by atoms with Crippen molar-refractivity contribution in [3.05, 3.63) is 46.2 Å². The molecule has 0 aliphatic carbocycles. The highest BCUT2D eigenvalue weighted by atomic mass is 32.2. The molecule has 1 atom stereocenters. The number of carbonyl (C=O) groups excluding carboxylic acids is 1. The lowest BCUT2D eigenvalue weighted by Crippen LogP contribution is -2.22. The number of nitrogens with one attached hydrogen (secondary N) is 2. The number of carbonyl (C=O) groups is 1. The van der Waals surface area contributed by atoms with Gasteiger partial charge in [0.15, 0.2) is 0 Å². The number of thiophene rings is 1. The van der Waals surface area contributed by atoms with Crippen LogP contribution in [0, 0.1) is 0 Å². The molecule has 0 unspecified atom stereocenters. The van der Waals surface area contributed by atoms with Gasteiger partial charge in [-0.15, -0.1) is 11.3 Å². The maximum Gasteiger partial charge on any atom is 0.240 e. The number of hydrogen-bond acceptors (Lipinski definition) is 4. The monoisotopic (exact) mass is 322 g/mol. The third-order valence-corrected chi connectivity index (χ3v) is 5.74. The second kappa shape index (κ2) is 5.25. The number of rotatable bonds is 4. The molecular formula is C14H14N2O3S2. The minimum absolute atomic E-state index is 0.105.